The Balaban J connectivity index is 0.00000300. The van der Waals surface area contributed by atoms with Gasteiger partial charge in [-0.15, -0.1) is 24.0 Å². The summed E-state index contributed by atoms with van der Waals surface area (Å²) in [5.41, 5.74) is 3.49. The van der Waals surface area contributed by atoms with Crippen molar-refractivity contribution in [2.24, 2.45) is 4.99 Å². The average Bonchev–Trinajstić information content (AvgIpc) is 3.03. The highest BCUT2D eigenvalue weighted by atomic mass is 127. The number of guanidine groups is 1. The third-order valence-electron chi connectivity index (χ3n) is 4.85. The molecule has 0 aliphatic carbocycles. The fourth-order valence-corrected chi connectivity index (χ4v) is 3.15. The number of nitrogens with zero attached hydrogens (tertiary/aromatic N) is 3. The molecule has 0 spiro atoms. The van der Waals surface area contributed by atoms with Crippen molar-refractivity contribution in [2.75, 3.05) is 32.8 Å². The van der Waals surface area contributed by atoms with Crippen LogP contribution < -0.4 is 10.6 Å². The van der Waals surface area contributed by atoms with Crippen LogP contribution >= 0.6 is 24.0 Å². The van der Waals surface area contributed by atoms with E-state index in [1.165, 1.54) is 11.1 Å². The Kier molecular flexibility index (Phi) is 9.89. The van der Waals surface area contributed by atoms with Crippen molar-refractivity contribution in [3.8, 4) is 0 Å². The molecule has 1 saturated heterocycles. The second-order valence-corrected chi connectivity index (χ2v) is 6.96. The van der Waals surface area contributed by atoms with Crippen LogP contribution in [0, 0.1) is 13.8 Å². The molecule has 29 heavy (non-hydrogen) atoms. The van der Waals surface area contributed by atoms with Gasteiger partial charge in [0.05, 0.1) is 32.0 Å². The summed E-state index contributed by atoms with van der Waals surface area (Å²) < 4.78 is 11.1. The number of rotatable bonds is 7. The second kappa shape index (κ2) is 12.1. The molecule has 3 rings (SSSR count). The lowest BCUT2D eigenvalue weighted by Crippen LogP contribution is -2.37. The monoisotopic (exact) mass is 513 g/mol. The van der Waals surface area contributed by atoms with Crippen LogP contribution in [0.25, 0.3) is 0 Å². The summed E-state index contributed by atoms with van der Waals surface area (Å²) in [6, 6.07) is 8.52. The molecule has 0 unspecified atom stereocenters. The largest absolute Gasteiger partial charge is 0.444 e. The zero-order valence-electron chi connectivity index (χ0n) is 17.5. The molecular weight excluding hydrogens is 481 g/mol. The Morgan fingerprint density at radius 3 is 2.52 bits per heavy atom. The minimum absolute atomic E-state index is 0. The van der Waals surface area contributed by atoms with Gasteiger partial charge in [0.15, 0.2) is 5.96 Å². The number of hydrogen-bond acceptors (Lipinski definition) is 5. The highest BCUT2D eigenvalue weighted by Crippen LogP contribution is 2.14. The van der Waals surface area contributed by atoms with Gasteiger partial charge in [-0.05, 0) is 31.9 Å². The molecule has 0 atom stereocenters. The second-order valence-electron chi connectivity index (χ2n) is 6.96. The van der Waals surface area contributed by atoms with Crippen molar-refractivity contribution in [2.45, 2.75) is 40.4 Å². The Labute approximate surface area is 190 Å². The third kappa shape index (κ3) is 7.27. The molecule has 0 saturated carbocycles. The molecule has 0 amide bonds. The molecule has 1 aromatic carbocycles. The van der Waals surface area contributed by atoms with E-state index >= 15 is 0 Å². The molecule has 0 radical (unpaired) electrons. The lowest BCUT2D eigenvalue weighted by atomic mass is 10.1. The van der Waals surface area contributed by atoms with Gasteiger partial charge >= 0.3 is 0 Å². The normalized spacial score (nSPS) is 15.1. The van der Waals surface area contributed by atoms with Crippen molar-refractivity contribution in [3.63, 3.8) is 0 Å². The number of oxazole rings is 1. The van der Waals surface area contributed by atoms with Crippen molar-refractivity contribution in [1.29, 1.82) is 0 Å². The fraction of sp³-hybridized carbons (Fsp3) is 0.524. The summed E-state index contributed by atoms with van der Waals surface area (Å²) in [5, 5.41) is 6.59. The molecule has 1 aliphatic rings. The molecule has 1 aromatic heterocycles. The van der Waals surface area contributed by atoms with Crippen LogP contribution in [0.3, 0.4) is 0 Å². The summed E-state index contributed by atoms with van der Waals surface area (Å²) in [6.45, 7) is 12.4. The van der Waals surface area contributed by atoms with Crippen molar-refractivity contribution in [3.05, 3.63) is 52.7 Å². The highest BCUT2D eigenvalue weighted by molar-refractivity contribution is 14.0. The minimum Gasteiger partial charge on any atom is -0.444 e. The van der Waals surface area contributed by atoms with Gasteiger partial charge in [-0.1, -0.05) is 24.3 Å². The summed E-state index contributed by atoms with van der Waals surface area (Å²) in [4.78, 5) is 11.6. The van der Waals surface area contributed by atoms with Gasteiger partial charge in [-0.25, -0.2) is 9.98 Å². The number of nitrogens with one attached hydrogen (secondary N) is 2. The lowest BCUT2D eigenvalue weighted by molar-refractivity contribution is 0.0341. The molecular formula is C21H32IN5O2. The van der Waals surface area contributed by atoms with Gasteiger partial charge in [-0.3, -0.25) is 4.90 Å². The highest BCUT2D eigenvalue weighted by Gasteiger charge is 2.13. The number of morpholine rings is 1. The first-order chi connectivity index (χ1) is 13.7. The summed E-state index contributed by atoms with van der Waals surface area (Å²) >= 11 is 0. The zero-order valence-corrected chi connectivity index (χ0v) is 19.9. The van der Waals surface area contributed by atoms with Crippen LogP contribution in [-0.2, 0) is 24.4 Å². The molecule has 0 bridgehead atoms. The number of aryl methyl sites for hydroxylation is 2. The van der Waals surface area contributed by atoms with E-state index in [9.17, 15) is 0 Å². The lowest BCUT2D eigenvalue weighted by Gasteiger charge is -2.27. The number of aliphatic imine (C=N–C) groups is 1. The maximum absolute atomic E-state index is 5.64. The van der Waals surface area contributed by atoms with E-state index in [2.05, 4.69) is 51.7 Å². The van der Waals surface area contributed by atoms with Gasteiger partial charge in [0.25, 0.3) is 0 Å². The van der Waals surface area contributed by atoms with Crippen molar-refractivity contribution < 1.29 is 9.15 Å². The smallest absolute Gasteiger partial charge is 0.214 e. The van der Waals surface area contributed by atoms with E-state index in [4.69, 9.17) is 14.1 Å². The number of benzene rings is 1. The zero-order chi connectivity index (χ0) is 19.8. The topological polar surface area (TPSA) is 74.9 Å². The van der Waals surface area contributed by atoms with Gasteiger partial charge in [0, 0.05) is 26.2 Å². The molecule has 8 heteroatoms. The first-order valence-corrected chi connectivity index (χ1v) is 9.97. The Morgan fingerprint density at radius 1 is 1.14 bits per heavy atom. The van der Waals surface area contributed by atoms with Gasteiger partial charge in [0.2, 0.25) is 5.89 Å². The SMILES string of the molecule is CCNC(=NCc1ccccc1CN1CCOCC1)NCc1nc(C)c(C)o1.I. The maximum Gasteiger partial charge on any atom is 0.214 e. The molecule has 160 valence electrons. The average molecular weight is 513 g/mol. The van der Waals surface area contributed by atoms with Crippen LogP contribution in [-0.4, -0.2) is 48.7 Å². The van der Waals surface area contributed by atoms with Crippen LogP contribution in [0.2, 0.25) is 0 Å². The van der Waals surface area contributed by atoms with E-state index in [1.54, 1.807) is 0 Å². The Morgan fingerprint density at radius 2 is 1.86 bits per heavy atom. The Hall–Kier alpha value is -1.65. The summed E-state index contributed by atoms with van der Waals surface area (Å²) in [5.74, 6) is 2.29. The van der Waals surface area contributed by atoms with Crippen LogP contribution in [0.4, 0.5) is 0 Å². The van der Waals surface area contributed by atoms with Gasteiger partial charge in [0.1, 0.15) is 5.76 Å². The molecule has 1 aliphatic heterocycles. The van der Waals surface area contributed by atoms with Crippen LogP contribution in [0.15, 0.2) is 33.7 Å². The van der Waals surface area contributed by atoms with Crippen LogP contribution in [0.5, 0.6) is 0 Å². The van der Waals surface area contributed by atoms with E-state index in [-0.39, 0.29) is 24.0 Å². The first-order valence-electron chi connectivity index (χ1n) is 9.97. The molecule has 7 nitrogen and oxygen atoms in total. The third-order valence-corrected chi connectivity index (χ3v) is 4.85. The van der Waals surface area contributed by atoms with Gasteiger partial charge in [-0.2, -0.15) is 0 Å². The Bertz CT molecular complexity index is 768. The minimum atomic E-state index is 0. The van der Waals surface area contributed by atoms with E-state index < -0.39 is 0 Å². The molecule has 2 aromatic rings. The van der Waals surface area contributed by atoms with Crippen molar-refractivity contribution >= 4 is 29.9 Å². The quantitative estimate of drug-likeness (QED) is 0.337. The fourth-order valence-electron chi connectivity index (χ4n) is 3.15. The van der Waals surface area contributed by atoms with E-state index in [1.807, 2.05) is 13.8 Å². The number of halogens is 1. The first kappa shape index (κ1) is 23.6. The number of ether oxygens (including phenoxy) is 1. The van der Waals surface area contributed by atoms with E-state index in [0.29, 0.717) is 19.0 Å². The number of aromatic nitrogens is 1. The van der Waals surface area contributed by atoms with Crippen LogP contribution in [0.1, 0.15) is 35.4 Å². The molecule has 1 fully saturated rings. The van der Waals surface area contributed by atoms with Crippen molar-refractivity contribution in [1.82, 2.24) is 20.5 Å². The maximum atomic E-state index is 5.64. The van der Waals surface area contributed by atoms with Gasteiger partial charge < -0.3 is 19.8 Å². The standard InChI is InChI=1S/C21H31N5O2.HI/c1-4-22-21(24-14-20-25-16(2)17(3)28-20)23-13-18-7-5-6-8-19(18)15-26-9-11-27-12-10-26;/h5-8H,4,9-15H2,1-3H3,(H2,22,23,24);1H. The predicted octanol–water partition coefficient (Wildman–Crippen LogP) is 3.00. The molecule has 2 heterocycles. The van der Waals surface area contributed by atoms with E-state index in [0.717, 1.165) is 56.8 Å². The number of hydrogen-bond donors (Lipinski definition) is 2. The predicted molar refractivity (Wildman–Crippen MR) is 126 cm³/mol. The molecule has 2 N–H and O–H groups in total. The summed E-state index contributed by atoms with van der Waals surface area (Å²) in [7, 11) is 0. The summed E-state index contributed by atoms with van der Waals surface area (Å²) in [6.07, 6.45) is 0.